The molecular weight excluding hydrogens is 224 g/mol. The van der Waals surface area contributed by atoms with Gasteiger partial charge in [0.1, 0.15) is 18.2 Å². The smallest absolute Gasteiger partial charge is 0.285 e. The van der Waals surface area contributed by atoms with Crippen LogP contribution >= 0.6 is 0 Å². The molecule has 4 N–H and O–H groups in total. The van der Waals surface area contributed by atoms with Crippen molar-refractivity contribution in [2.45, 2.75) is 44.1 Å². The van der Waals surface area contributed by atoms with Crippen molar-refractivity contribution in [3.63, 3.8) is 0 Å². The fraction of sp³-hybridized carbons (Fsp3) is 0.909. The molecular formula is C11H20N2O4. The molecule has 1 fully saturated rings. The molecule has 5 atom stereocenters. The van der Waals surface area contributed by atoms with Crippen LogP contribution in [0.2, 0.25) is 0 Å². The van der Waals surface area contributed by atoms with Gasteiger partial charge in [0.05, 0.1) is 6.10 Å². The highest BCUT2D eigenvalue weighted by atomic mass is 16.5. The Labute approximate surface area is 100 Å². The molecule has 0 bridgehead atoms. The predicted molar refractivity (Wildman–Crippen MR) is 61.6 cm³/mol. The molecule has 1 heterocycles. The lowest BCUT2D eigenvalue weighted by molar-refractivity contribution is -0.0948. The number of ether oxygens (including phenoxy) is 1. The van der Waals surface area contributed by atoms with E-state index in [0.717, 1.165) is 13.0 Å². The minimum absolute atomic E-state index is 0.150. The van der Waals surface area contributed by atoms with Gasteiger partial charge in [-0.3, -0.25) is 0 Å². The lowest BCUT2D eigenvalue weighted by Gasteiger charge is -2.36. The van der Waals surface area contributed by atoms with Crippen molar-refractivity contribution in [1.82, 2.24) is 5.32 Å². The third kappa shape index (κ3) is 2.38. The summed E-state index contributed by atoms with van der Waals surface area (Å²) < 4.78 is 5.57. The molecule has 0 radical (unpaired) electrons. The standard InChI is InChI=1S/C11H20N2O4/c1-2-3-12-11-13-8-7(17-11)4-6(5-14)9(15)10(8)16/h6-10,14-16H,2-5H2,1H3,(H,12,13)/t6-,7-,8-,9-,10-/m1/s1. The van der Waals surface area contributed by atoms with Crippen LogP contribution in [0.1, 0.15) is 19.8 Å². The third-order valence-electron chi connectivity index (χ3n) is 3.39. The monoisotopic (exact) mass is 244 g/mol. The molecule has 17 heavy (non-hydrogen) atoms. The molecule has 0 saturated heterocycles. The van der Waals surface area contributed by atoms with Crippen molar-refractivity contribution >= 4 is 6.02 Å². The maximum atomic E-state index is 9.92. The molecule has 0 aromatic carbocycles. The van der Waals surface area contributed by atoms with Crippen LogP contribution in [0.15, 0.2) is 4.99 Å². The van der Waals surface area contributed by atoms with Gasteiger partial charge in [0.25, 0.3) is 6.02 Å². The van der Waals surface area contributed by atoms with Gasteiger partial charge in [-0.25, -0.2) is 4.99 Å². The first kappa shape index (κ1) is 12.6. The van der Waals surface area contributed by atoms with Crippen LogP contribution in [0.3, 0.4) is 0 Å². The molecule has 98 valence electrons. The van der Waals surface area contributed by atoms with Crippen LogP contribution in [0.25, 0.3) is 0 Å². The first-order chi connectivity index (χ1) is 8.17. The zero-order valence-electron chi connectivity index (χ0n) is 9.91. The third-order valence-corrected chi connectivity index (χ3v) is 3.39. The van der Waals surface area contributed by atoms with Crippen LogP contribution in [0, 0.1) is 5.92 Å². The maximum Gasteiger partial charge on any atom is 0.285 e. The lowest BCUT2D eigenvalue weighted by atomic mass is 9.80. The van der Waals surface area contributed by atoms with Gasteiger partial charge in [-0.05, 0) is 12.8 Å². The molecule has 0 spiro atoms. The molecule has 0 aromatic heterocycles. The van der Waals surface area contributed by atoms with E-state index in [1.54, 1.807) is 0 Å². The Morgan fingerprint density at radius 1 is 1.41 bits per heavy atom. The number of aliphatic imine (C=N–C) groups is 1. The Morgan fingerprint density at radius 3 is 2.82 bits per heavy atom. The summed E-state index contributed by atoms with van der Waals surface area (Å²) in [5.74, 6) is -0.341. The quantitative estimate of drug-likeness (QED) is 0.502. The largest absolute Gasteiger partial charge is 0.460 e. The Kier molecular flexibility index (Phi) is 3.86. The summed E-state index contributed by atoms with van der Waals surface area (Å²) in [4.78, 5) is 4.24. The van der Waals surface area contributed by atoms with Gasteiger partial charge in [0.15, 0.2) is 0 Å². The highest BCUT2D eigenvalue weighted by Crippen LogP contribution is 2.32. The highest BCUT2D eigenvalue weighted by Gasteiger charge is 2.47. The number of aliphatic hydroxyl groups is 3. The second-order valence-electron chi connectivity index (χ2n) is 4.67. The topological polar surface area (TPSA) is 94.3 Å². The highest BCUT2D eigenvalue weighted by molar-refractivity contribution is 5.75. The van der Waals surface area contributed by atoms with E-state index in [1.165, 1.54) is 0 Å². The number of hydrogen-bond acceptors (Lipinski definition) is 6. The molecule has 6 nitrogen and oxygen atoms in total. The molecule has 1 saturated carbocycles. The normalized spacial score (nSPS) is 40.5. The molecule has 0 aromatic rings. The van der Waals surface area contributed by atoms with Crippen LogP contribution in [0.4, 0.5) is 0 Å². The van der Waals surface area contributed by atoms with E-state index < -0.39 is 18.2 Å². The van der Waals surface area contributed by atoms with Gasteiger partial charge in [-0.2, -0.15) is 0 Å². The average Bonchev–Trinajstić information content (AvgIpc) is 2.74. The average molecular weight is 244 g/mol. The van der Waals surface area contributed by atoms with E-state index >= 15 is 0 Å². The van der Waals surface area contributed by atoms with E-state index in [-0.39, 0.29) is 18.6 Å². The maximum absolute atomic E-state index is 9.92. The van der Waals surface area contributed by atoms with E-state index in [9.17, 15) is 10.2 Å². The second kappa shape index (κ2) is 5.20. The Balaban J connectivity index is 2.01. The number of amidine groups is 1. The molecule has 1 aliphatic carbocycles. The molecule has 0 amide bonds. The van der Waals surface area contributed by atoms with Gasteiger partial charge < -0.3 is 25.4 Å². The van der Waals surface area contributed by atoms with Gasteiger partial charge in [0, 0.05) is 19.1 Å². The Hall–Kier alpha value is -0.850. The lowest BCUT2D eigenvalue weighted by Crippen LogP contribution is -2.52. The molecule has 0 unspecified atom stereocenters. The summed E-state index contributed by atoms with van der Waals surface area (Å²) in [6, 6.07) is 0.0128. The number of nitrogens with one attached hydrogen (secondary N) is 1. The minimum atomic E-state index is -0.966. The van der Waals surface area contributed by atoms with Gasteiger partial charge in [0.2, 0.25) is 0 Å². The summed E-state index contributed by atoms with van der Waals surface area (Å²) in [7, 11) is 0. The minimum Gasteiger partial charge on any atom is -0.460 e. The van der Waals surface area contributed by atoms with Crippen molar-refractivity contribution in [2.24, 2.45) is 10.9 Å². The van der Waals surface area contributed by atoms with Crippen molar-refractivity contribution in [3.8, 4) is 0 Å². The van der Waals surface area contributed by atoms with Gasteiger partial charge >= 0.3 is 0 Å². The Bertz CT molecular complexity index is 297. The van der Waals surface area contributed by atoms with E-state index in [4.69, 9.17) is 9.84 Å². The number of hydrogen-bond donors (Lipinski definition) is 4. The van der Waals surface area contributed by atoms with Crippen LogP contribution in [-0.4, -0.2) is 58.8 Å². The van der Waals surface area contributed by atoms with Gasteiger partial charge in [-0.1, -0.05) is 6.92 Å². The SMILES string of the molecule is CCCNC1=N[C@H]2[C@@H](O)[C@H](O)[C@@H](CO)C[C@H]2O1. The van der Waals surface area contributed by atoms with Crippen molar-refractivity contribution in [2.75, 3.05) is 13.2 Å². The van der Waals surface area contributed by atoms with E-state index in [0.29, 0.717) is 12.4 Å². The molecule has 1 aliphatic heterocycles. The molecule has 6 heteroatoms. The molecule has 2 aliphatic rings. The Morgan fingerprint density at radius 2 is 2.18 bits per heavy atom. The van der Waals surface area contributed by atoms with Crippen LogP contribution in [-0.2, 0) is 4.74 Å². The van der Waals surface area contributed by atoms with Crippen molar-refractivity contribution in [1.29, 1.82) is 0 Å². The molecule has 2 rings (SSSR count). The summed E-state index contributed by atoms with van der Waals surface area (Å²) in [5, 5.41) is 31.9. The number of aliphatic hydroxyl groups excluding tert-OH is 3. The summed E-state index contributed by atoms with van der Waals surface area (Å²) in [6.07, 6.45) is -0.668. The number of fused-ring (bicyclic) bond motifs is 1. The second-order valence-corrected chi connectivity index (χ2v) is 4.67. The van der Waals surface area contributed by atoms with E-state index in [2.05, 4.69) is 10.3 Å². The fourth-order valence-corrected chi connectivity index (χ4v) is 2.37. The summed E-state index contributed by atoms with van der Waals surface area (Å²) >= 11 is 0. The number of nitrogens with zero attached hydrogens (tertiary/aromatic N) is 1. The van der Waals surface area contributed by atoms with Crippen molar-refractivity contribution < 1.29 is 20.1 Å². The summed E-state index contributed by atoms with van der Waals surface area (Å²) in [5.41, 5.74) is 0. The van der Waals surface area contributed by atoms with Crippen LogP contribution < -0.4 is 5.32 Å². The van der Waals surface area contributed by atoms with Crippen molar-refractivity contribution in [3.05, 3.63) is 0 Å². The predicted octanol–water partition coefficient (Wildman–Crippen LogP) is -1.16. The first-order valence-corrected chi connectivity index (χ1v) is 6.12. The van der Waals surface area contributed by atoms with Crippen LogP contribution in [0.5, 0.6) is 0 Å². The number of rotatable bonds is 3. The van der Waals surface area contributed by atoms with Gasteiger partial charge in [-0.15, -0.1) is 0 Å². The van der Waals surface area contributed by atoms with E-state index in [1.807, 2.05) is 6.92 Å². The zero-order valence-corrected chi connectivity index (χ0v) is 9.91. The first-order valence-electron chi connectivity index (χ1n) is 6.12. The summed E-state index contributed by atoms with van der Waals surface area (Å²) in [6.45, 7) is 2.65. The fourth-order valence-electron chi connectivity index (χ4n) is 2.37. The zero-order chi connectivity index (χ0) is 12.4.